The molecule has 0 heterocycles. The summed E-state index contributed by atoms with van der Waals surface area (Å²) in [5, 5.41) is 11.0. The van der Waals surface area contributed by atoms with E-state index in [2.05, 4.69) is 5.43 Å². The van der Waals surface area contributed by atoms with Crippen LogP contribution in [-0.4, -0.2) is 24.8 Å². The Hall–Kier alpha value is -2.24. The molecule has 0 unspecified atom stereocenters. The molecule has 0 aliphatic heterocycles. The van der Waals surface area contributed by atoms with Crippen LogP contribution in [0, 0.1) is 10.1 Å². The van der Waals surface area contributed by atoms with Gasteiger partial charge in [-0.25, -0.2) is 8.42 Å². The minimum Gasteiger partial charge on any atom is -0.368 e. The number of carbonyl (C=O) groups excluding carboxylic acids is 1. The number of nitrogens with zero attached hydrogens (tertiary/aromatic N) is 1. The third-order valence-electron chi connectivity index (χ3n) is 2.62. The van der Waals surface area contributed by atoms with Gasteiger partial charge in [0.25, 0.3) is 5.69 Å². The van der Waals surface area contributed by atoms with Crippen molar-refractivity contribution in [2.24, 2.45) is 11.6 Å². The van der Waals surface area contributed by atoms with Gasteiger partial charge in [-0.05, 0) is 26.0 Å². The van der Waals surface area contributed by atoms with E-state index in [1.54, 1.807) is 0 Å². The number of nitrogen functional groups attached to an aromatic ring is 1. The van der Waals surface area contributed by atoms with E-state index in [1.165, 1.54) is 19.9 Å². The Morgan fingerprint density at radius 3 is 2.38 bits per heavy atom. The number of nitrogens with two attached hydrogens (primary N) is 2. The topological polar surface area (TPSA) is 170 Å². The van der Waals surface area contributed by atoms with Gasteiger partial charge < -0.3 is 11.2 Å². The number of primary amides is 1. The lowest BCUT2D eigenvalue weighted by atomic mass is 10.1. The third kappa shape index (κ3) is 3.65. The van der Waals surface area contributed by atoms with Crippen LogP contribution in [0.25, 0.3) is 0 Å². The minimum atomic E-state index is -4.32. The molecule has 0 aliphatic rings. The normalized spacial score (nSPS) is 12.0. The van der Waals surface area contributed by atoms with Crippen molar-refractivity contribution in [3.63, 3.8) is 0 Å². The Bertz CT molecular complexity index is 685. The molecule has 0 spiro atoms. The highest BCUT2D eigenvalue weighted by molar-refractivity contribution is 7.89. The van der Waals surface area contributed by atoms with E-state index in [1.807, 2.05) is 4.72 Å². The number of hydrogen-bond acceptors (Lipinski definition) is 7. The number of carbonyl (C=O) groups is 1. The highest BCUT2D eigenvalue weighted by atomic mass is 32.2. The first kappa shape index (κ1) is 16.8. The molecule has 0 saturated heterocycles. The van der Waals surface area contributed by atoms with E-state index < -0.39 is 37.0 Å². The maximum absolute atomic E-state index is 12.2. The third-order valence-corrected chi connectivity index (χ3v) is 4.32. The molecule has 1 amide bonds. The fraction of sp³-hybridized carbons (Fsp3) is 0.300. The van der Waals surface area contributed by atoms with Crippen molar-refractivity contribution in [1.82, 2.24) is 4.72 Å². The molecule has 0 saturated carbocycles. The number of anilines is 1. The SMILES string of the molecule is CC(C)(NS(=O)(=O)c1ccc(NN)cc1[N+](=O)[O-])C(N)=O. The van der Waals surface area contributed by atoms with E-state index in [0.29, 0.717) is 0 Å². The van der Waals surface area contributed by atoms with Gasteiger partial charge in [0.15, 0.2) is 4.90 Å². The summed E-state index contributed by atoms with van der Waals surface area (Å²) in [5.74, 6) is 4.20. The molecule has 1 rings (SSSR count). The van der Waals surface area contributed by atoms with Crippen molar-refractivity contribution in [2.45, 2.75) is 24.3 Å². The van der Waals surface area contributed by atoms with Crippen LogP contribution >= 0.6 is 0 Å². The van der Waals surface area contributed by atoms with Crippen LogP contribution in [0.5, 0.6) is 0 Å². The molecule has 0 bridgehead atoms. The fourth-order valence-electron chi connectivity index (χ4n) is 1.42. The molecule has 10 nitrogen and oxygen atoms in total. The standard InChI is InChI=1S/C10H15N5O5S/c1-10(2,9(11)16)14-21(19,20)8-4-3-6(13-12)5-7(8)15(17)18/h3-5,13-14H,12H2,1-2H3,(H2,11,16). The number of hydrazine groups is 1. The zero-order valence-corrected chi connectivity index (χ0v) is 12.1. The number of rotatable bonds is 6. The van der Waals surface area contributed by atoms with Crippen LogP contribution < -0.4 is 21.7 Å². The van der Waals surface area contributed by atoms with Crippen LogP contribution in [0.1, 0.15) is 13.8 Å². The van der Waals surface area contributed by atoms with Gasteiger partial charge in [0.1, 0.15) is 5.54 Å². The number of benzene rings is 1. The van der Waals surface area contributed by atoms with E-state index >= 15 is 0 Å². The Morgan fingerprint density at radius 2 is 1.95 bits per heavy atom. The molecular weight excluding hydrogens is 302 g/mol. The molecule has 1 aromatic rings. The van der Waals surface area contributed by atoms with Crippen LogP contribution in [0.3, 0.4) is 0 Å². The van der Waals surface area contributed by atoms with Crippen molar-refractivity contribution in [1.29, 1.82) is 0 Å². The highest BCUT2D eigenvalue weighted by Crippen LogP contribution is 2.27. The summed E-state index contributed by atoms with van der Waals surface area (Å²) in [7, 11) is -4.32. The predicted octanol–water partition coefficient (Wildman–Crippen LogP) is -0.577. The Labute approximate surface area is 120 Å². The van der Waals surface area contributed by atoms with E-state index in [-0.39, 0.29) is 5.69 Å². The van der Waals surface area contributed by atoms with E-state index in [0.717, 1.165) is 12.1 Å². The van der Waals surface area contributed by atoms with Crippen molar-refractivity contribution in [3.8, 4) is 0 Å². The molecule has 0 aromatic heterocycles. The largest absolute Gasteiger partial charge is 0.368 e. The van der Waals surface area contributed by atoms with Gasteiger partial charge in [-0.2, -0.15) is 4.72 Å². The molecule has 0 fully saturated rings. The zero-order chi connectivity index (χ0) is 16.4. The van der Waals surface area contributed by atoms with Crippen LogP contribution in [0.15, 0.2) is 23.1 Å². The first-order valence-electron chi connectivity index (χ1n) is 5.60. The summed E-state index contributed by atoms with van der Waals surface area (Å²) >= 11 is 0. The van der Waals surface area contributed by atoms with Crippen molar-refractivity contribution >= 4 is 27.3 Å². The Balaban J connectivity index is 3.38. The van der Waals surface area contributed by atoms with Gasteiger partial charge in [0, 0.05) is 6.07 Å². The van der Waals surface area contributed by atoms with Crippen LogP contribution in [0.4, 0.5) is 11.4 Å². The lowest BCUT2D eigenvalue weighted by Gasteiger charge is -2.21. The Kier molecular flexibility index (Phi) is 4.51. The number of amides is 1. The molecule has 21 heavy (non-hydrogen) atoms. The lowest BCUT2D eigenvalue weighted by Crippen LogP contribution is -2.52. The number of sulfonamides is 1. The van der Waals surface area contributed by atoms with Crippen LogP contribution in [-0.2, 0) is 14.8 Å². The second kappa shape index (κ2) is 5.63. The molecule has 0 aliphatic carbocycles. The summed E-state index contributed by atoms with van der Waals surface area (Å²) in [5.41, 5.74) is 5.13. The van der Waals surface area contributed by atoms with E-state index in [4.69, 9.17) is 11.6 Å². The van der Waals surface area contributed by atoms with Gasteiger partial charge in [-0.1, -0.05) is 0 Å². The fourth-order valence-corrected chi connectivity index (χ4v) is 2.96. The molecule has 11 heteroatoms. The van der Waals surface area contributed by atoms with Gasteiger partial charge in [0.2, 0.25) is 15.9 Å². The van der Waals surface area contributed by atoms with E-state index in [9.17, 15) is 23.3 Å². The summed E-state index contributed by atoms with van der Waals surface area (Å²) in [6.07, 6.45) is 0. The summed E-state index contributed by atoms with van der Waals surface area (Å²) in [4.78, 5) is 20.7. The maximum Gasteiger partial charge on any atom is 0.291 e. The smallest absolute Gasteiger partial charge is 0.291 e. The average Bonchev–Trinajstić information content (AvgIpc) is 2.36. The monoisotopic (exact) mass is 317 g/mol. The molecule has 6 N–H and O–H groups in total. The molecule has 1 aromatic carbocycles. The van der Waals surface area contributed by atoms with Gasteiger partial charge in [-0.15, -0.1) is 0 Å². The molecular formula is C10H15N5O5S. The van der Waals surface area contributed by atoms with Gasteiger partial charge >= 0.3 is 0 Å². The second-order valence-electron chi connectivity index (χ2n) is 4.68. The van der Waals surface area contributed by atoms with Crippen LogP contribution in [0.2, 0.25) is 0 Å². The minimum absolute atomic E-state index is 0.162. The Morgan fingerprint density at radius 1 is 1.38 bits per heavy atom. The highest BCUT2D eigenvalue weighted by Gasteiger charge is 2.34. The number of nitro benzene ring substituents is 1. The summed E-state index contributed by atoms with van der Waals surface area (Å²) in [6, 6.07) is 3.22. The summed E-state index contributed by atoms with van der Waals surface area (Å²) < 4.78 is 26.4. The van der Waals surface area contributed by atoms with Crippen molar-refractivity contribution in [3.05, 3.63) is 28.3 Å². The predicted molar refractivity (Wildman–Crippen MR) is 74.5 cm³/mol. The molecule has 0 radical (unpaired) electrons. The first-order valence-corrected chi connectivity index (χ1v) is 7.08. The van der Waals surface area contributed by atoms with Crippen molar-refractivity contribution < 1.29 is 18.1 Å². The lowest BCUT2D eigenvalue weighted by molar-refractivity contribution is -0.387. The van der Waals surface area contributed by atoms with Crippen molar-refractivity contribution in [2.75, 3.05) is 5.43 Å². The number of nitro groups is 1. The van der Waals surface area contributed by atoms with Gasteiger partial charge in [-0.3, -0.25) is 20.8 Å². The van der Waals surface area contributed by atoms with Gasteiger partial charge in [0.05, 0.1) is 10.6 Å². The molecule has 0 atom stereocenters. The number of hydrogen-bond donors (Lipinski definition) is 4. The zero-order valence-electron chi connectivity index (χ0n) is 11.3. The first-order chi connectivity index (χ1) is 9.51. The molecule has 116 valence electrons. The second-order valence-corrected chi connectivity index (χ2v) is 6.33. The summed E-state index contributed by atoms with van der Waals surface area (Å²) in [6.45, 7) is 2.49. The number of nitrogens with one attached hydrogen (secondary N) is 2. The average molecular weight is 317 g/mol. The quantitative estimate of drug-likeness (QED) is 0.309. The maximum atomic E-state index is 12.2.